The lowest BCUT2D eigenvalue weighted by molar-refractivity contribution is 0.0231. The molecule has 0 spiro atoms. The fraction of sp³-hybridized carbons (Fsp3) is 0.423. The van der Waals surface area contributed by atoms with E-state index in [0.717, 1.165) is 31.2 Å². The Bertz CT molecular complexity index is 936. The molecule has 0 aromatic heterocycles. The van der Waals surface area contributed by atoms with Gasteiger partial charge < -0.3 is 14.7 Å². The number of carbonyl (C=O) groups is 1. The second kappa shape index (κ2) is 9.94. The van der Waals surface area contributed by atoms with E-state index in [0.29, 0.717) is 13.1 Å². The summed E-state index contributed by atoms with van der Waals surface area (Å²) in [6.07, 6.45) is 3.37. The molecule has 0 bridgehead atoms. The average molecular weight is 408 g/mol. The maximum atomic E-state index is 13.0. The van der Waals surface area contributed by atoms with Crippen molar-refractivity contribution in [2.45, 2.75) is 58.6 Å². The van der Waals surface area contributed by atoms with Crippen LogP contribution in [0.1, 0.15) is 52.0 Å². The molecule has 3 aromatic rings. The van der Waals surface area contributed by atoms with Crippen LogP contribution in [0.5, 0.6) is 0 Å². The topological polar surface area (TPSA) is 49.8 Å². The molecule has 0 heterocycles. The highest BCUT2D eigenvalue weighted by Gasteiger charge is 2.23. The van der Waals surface area contributed by atoms with E-state index in [1.54, 1.807) is 0 Å². The summed E-state index contributed by atoms with van der Waals surface area (Å²) < 4.78 is 5.72. The van der Waals surface area contributed by atoms with Gasteiger partial charge in [0, 0.05) is 13.2 Å². The summed E-state index contributed by atoms with van der Waals surface area (Å²) in [7, 11) is 0. The van der Waals surface area contributed by atoms with E-state index in [2.05, 4.69) is 30.3 Å². The van der Waals surface area contributed by atoms with Gasteiger partial charge in [-0.25, -0.2) is 4.79 Å². The highest BCUT2D eigenvalue weighted by Crippen LogP contribution is 2.30. The molecule has 0 aliphatic carbocycles. The minimum Gasteiger partial charge on any atom is -0.444 e. The third-order valence-corrected chi connectivity index (χ3v) is 5.22. The Kier molecular flexibility index (Phi) is 7.33. The molecule has 4 nitrogen and oxygen atoms in total. The molecule has 1 N–H and O–H groups in total. The van der Waals surface area contributed by atoms with Gasteiger partial charge in [0.05, 0.1) is 6.54 Å². The molecule has 0 fully saturated rings. The van der Waals surface area contributed by atoms with Crippen LogP contribution in [-0.2, 0) is 11.3 Å². The van der Waals surface area contributed by atoms with Crippen LogP contribution < -0.4 is 0 Å². The molecule has 0 saturated carbocycles. The molecule has 0 aliphatic rings. The van der Waals surface area contributed by atoms with Gasteiger partial charge in [0.1, 0.15) is 5.60 Å². The second-order valence-corrected chi connectivity index (χ2v) is 8.84. The lowest BCUT2D eigenvalue weighted by atomic mass is 9.96. The first-order valence-electron chi connectivity index (χ1n) is 10.9. The fourth-order valence-corrected chi connectivity index (χ4v) is 3.80. The van der Waals surface area contributed by atoms with Crippen molar-refractivity contribution in [2.75, 3.05) is 13.2 Å². The van der Waals surface area contributed by atoms with Gasteiger partial charge in [-0.05, 0) is 66.8 Å². The maximum absolute atomic E-state index is 13.0. The Morgan fingerprint density at radius 1 is 0.900 bits per heavy atom. The van der Waals surface area contributed by atoms with Crippen LogP contribution in [0.2, 0.25) is 0 Å². The summed E-state index contributed by atoms with van der Waals surface area (Å²) in [6.45, 7) is 7.07. The average Bonchev–Trinajstić information content (AvgIpc) is 2.70. The summed E-state index contributed by atoms with van der Waals surface area (Å²) in [6, 6.07) is 18.9. The standard InChI is InChI=1S/C26H33NO3/c1-26(2,3)30-25(29)27(16-10-4-5-11-17-28)19-24-22-14-8-6-12-20(22)18-21-13-7-9-15-23(21)24/h6-9,12-15,18,28H,4-5,10-11,16-17,19H2,1-3H3. The van der Waals surface area contributed by atoms with Crippen molar-refractivity contribution >= 4 is 27.6 Å². The van der Waals surface area contributed by atoms with E-state index in [4.69, 9.17) is 9.84 Å². The van der Waals surface area contributed by atoms with E-state index in [-0.39, 0.29) is 12.7 Å². The van der Waals surface area contributed by atoms with E-state index < -0.39 is 5.60 Å². The van der Waals surface area contributed by atoms with Crippen molar-refractivity contribution in [3.05, 3.63) is 60.2 Å². The molecule has 1 amide bonds. The van der Waals surface area contributed by atoms with Gasteiger partial charge in [0.15, 0.2) is 0 Å². The van der Waals surface area contributed by atoms with E-state index >= 15 is 0 Å². The highest BCUT2D eigenvalue weighted by atomic mass is 16.6. The van der Waals surface area contributed by atoms with Crippen LogP contribution in [0.4, 0.5) is 4.79 Å². The van der Waals surface area contributed by atoms with Crippen molar-refractivity contribution < 1.29 is 14.6 Å². The van der Waals surface area contributed by atoms with E-state index in [9.17, 15) is 4.79 Å². The predicted octanol–water partition coefficient (Wildman–Crippen LogP) is 6.28. The number of aliphatic hydroxyl groups excluding tert-OH is 1. The van der Waals surface area contributed by atoms with Gasteiger partial charge in [-0.3, -0.25) is 0 Å². The molecule has 0 unspecified atom stereocenters. The Morgan fingerprint density at radius 2 is 1.47 bits per heavy atom. The molecule has 3 rings (SSSR count). The lowest BCUT2D eigenvalue weighted by Crippen LogP contribution is -2.37. The maximum Gasteiger partial charge on any atom is 0.410 e. The number of hydrogen-bond donors (Lipinski definition) is 1. The molecule has 30 heavy (non-hydrogen) atoms. The van der Waals surface area contributed by atoms with E-state index in [1.807, 2.05) is 49.9 Å². The van der Waals surface area contributed by atoms with Crippen LogP contribution in [0.25, 0.3) is 21.5 Å². The zero-order valence-corrected chi connectivity index (χ0v) is 18.4. The van der Waals surface area contributed by atoms with Gasteiger partial charge in [0.2, 0.25) is 0 Å². The van der Waals surface area contributed by atoms with Gasteiger partial charge in [-0.15, -0.1) is 0 Å². The molecule has 0 radical (unpaired) electrons. The van der Waals surface area contributed by atoms with E-state index in [1.165, 1.54) is 21.5 Å². The molecule has 0 atom stereocenters. The van der Waals surface area contributed by atoms with Crippen molar-refractivity contribution in [3.8, 4) is 0 Å². The van der Waals surface area contributed by atoms with Crippen LogP contribution in [-0.4, -0.2) is 34.9 Å². The summed E-state index contributed by atoms with van der Waals surface area (Å²) in [5.41, 5.74) is 0.623. The minimum absolute atomic E-state index is 0.220. The van der Waals surface area contributed by atoms with Gasteiger partial charge >= 0.3 is 6.09 Å². The first-order chi connectivity index (χ1) is 14.4. The number of rotatable bonds is 8. The van der Waals surface area contributed by atoms with Crippen molar-refractivity contribution in [2.24, 2.45) is 0 Å². The normalized spacial score (nSPS) is 11.7. The van der Waals surface area contributed by atoms with Gasteiger partial charge in [-0.1, -0.05) is 61.4 Å². The fourth-order valence-electron chi connectivity index (χ4n) is 3.80. The minimum atomic E-state index is -0.535. The molecule has 160 valence electrons. The second-order valence-electron chi connectivity index (χ2n) is 8.84. The van der Waals surface area contributed by atoms with Crippen molar-refractivity contribution in [3.63, 3.8) is 0 Å². The lowest BCUT2D eigenvalue weighted by Gasteiger charge is -2.28. The highest BCUT2D eigenvalue weighted by molar-refractivity contribution is 6.02. The predicted molar refractivity (Wildman–Crippen MR) is 124 cm³/mol. The SMILES string of the molecule is CC(C)(C)OC(=O)N(CCCCCCO)Cc1c2ccccc2cc2ccccc12. The van der Waals surface area contributed by atoms with Crippen molar-refractivity contribution in [1.82, 2.24) is 4.90 Å². The molecule has 0 aliphatic heterocycles. The van der Waals surface area contributed by atoms with Gasteiger partial charge in [0.25, 0.3) is 0 Å². The Hall–Kier alpha value is -2.59. The zero-order chi connectivity index (χ0) is 21.6. The van der Waals surface area contributed by atoms with Crippen LogP contribution in [0.3, 0.4) is 0 Å². The third kappa shape index (κ3) is 5.73. The Balaban J connectivity index is 1.93. The summed E-state index contributed by atoms with van der Waals surface area (Å²) in [5.74, 6) is 0. The molecule has 3 aromatic carbocycles. The summed E-state index contributed by atoms with van der Waals surface area (Å²) in [4.78, 5) is 14.9. The third-order valence-electron chi connectivity index (χ3n) is 5.22. The van der Waals surface area contributed by atoms with Crippen LogP contribution >= 0.6 is 0 Å². The van der Waals surface area contributed by atoms with Crippen molar-refractivity contribution in [1.29, 1.82) is 0 Å². The summed E-state index contributed by atoms with van der Waals surface area (Å²) >= 11 is 0. The number of hydrogen-bond acceptors (Lipinski definition) is 3. The smallest absolute Gasteiger partial charge is 0.410 e. The zero-order valence-electron chi connectivity index (χ0n) is 18.4. The Morgan fingerprint density at radius 3 is 2.03 bits per heavy atom. The first kappa shape index (κ1) is 22.1. The number of fused-ring (bicyclic) bond motifs is 2. The quantitative estimate of drug-likeness (QED) is 0.353. The molecule has 4 heteroatoms. The number of unbranched alkanes of at least 4 members (excludes halogenated alkanes) is 3. The first-order valence-corrected chi connectivity index (χ1v) is 10.9. The number of amides is 1. The summed E-state index contributed by atoms with van der Waals surface area (Å²) in [5, 5.41) is 13.7. The molecular formula is C26H33NO3. The van der Waals surface area contributed by atoms with Gasteiger partial charge in [-0.2, -0.15) is 0 Å². The number of carbonyl (C=O) groups excluding carboxylic acids is 1. The van der Waals surface area contributed by atoms with Crippen LogP contribution in [0, 0.1) is 0 Å². The Labute approximate surface area is 179 Å². The number of benzene rings is 3. The largest absolute Gasteiger partial charge is 0.444 e. The number of ether oxygens (including phenoxy) is 1. The van der Waals surface area contributed by atoms with Crippen LogP contribution in [0.15, 0.2) is 54.6 Å². The number of nitrogens with zero attached hydrogens (tertiary/aromatic N) is 1. The molecule has 0 saturated heterocycles. The number of aliphatic hydroxyl groups is 1. The monoisotopic (exact) mass is 407 g/mol. The molecular weight excluding hydrogens is 374 g/mol.